The topological polar surface area (TPSA) is 12.0 Å². The first kappa shape index (κ1) is 6.66. The second-order valence-electron chi connectivity index (χ2n) is 4.08. The molecule has 2 rings (SSSR count). The fourth-order valence-electron chi connectivity index (χ4n) is 2.44. The zero-order valence-electron chi connectivity index (χ0n) is 6.82. The normalized spacial score (nSPS) is 37.5. The molecule has 1 spiro atoms. The Morgan fingerprint density at radius 2 is 2.20 bits per heavy atom. The average molecular weight is 139 g/mol. The summed E-state index contributed by atoms with van der Waals surface area (Å²) in [6, 6.07) is 0. The first-order valence-corrected chi connectivity index (χ1v) is 4.54. The van der Waals surface area contributed by atoms with E-state index in [0.717, 1.165) is 11.3 Å². The number of nitrogens with one attached hydrogen (secondary N) is 1. The molecule has 1 N–H and O–H groups in total. The molecule has 2 aliphatic rings. The third-order valence-electron chi connectivity index (χ3n) is 3.63. The lowest BCUT2D eigenvalue weighted by Crippen LogP contribution is -2.49. The van der Waals surface area contributed by atoms with Crippen molar-refractivity contribution < 1.29 is 0 Å². The summed E-state index contributed by atoms with van der Waals surface area (Å²) in [6.45, 7) is 4.98. The van der Waals surface area contributed by atoms with Gasteiger partial charge in [0.05, 0.1) is 0 Å². The standard InChI is InChI=1S/C9H17N/c1-8-3-6-10-7-9(8)4-2-5-9/h8,10H,2-7H2,1H3/t8-/m0/s1. The van der Waals surface area contributed by atoms with Crippen molar-refractivity contribution in [1.82, 2.24) is 5.32 Å². The van der Waals surface area contributed by atoms with Crippen LogP contribution in [0.25, 0.3) is 0 Å². The van der Waals surface area contributed by atoms with E-state index in [9.17, 15) is 0 Å². The molecule has 0 aromatic carbocycles. The monoisotopic (exact) mass is 139 g/mol. The Labute approximate surface area is 63.2 Å². The van der Waals surface area contributed by atoms with Crippen LogP contribution in [-0.2, 0) is 0 Å². The van der Waals surface area contributed by atoms with Crippen molar-refractivity contribution in [3.05, 3.63) is 0 Å². The van der Waals surface area contributed by atoms with Crippen molar-refractivity contribution in [2.24, 2.45) is 11.3 Å². The first-order valence-electron chi connectivity index (χ1n) is 4.54. The molecule has 2 fully saturated rings. The minimum absolute atomic E-state index is 0.748. The van der Waals surface area contributed by atoms with Crippen LogP contribution in [0.5, 0.6) is 0 Å². The number of hydrogen-bond donors (Lipinski definition) is 1. The van der Waals surface area contributed by atoms with Crippen molar-refractivity contribution in [2.45, 2.75) is 32.6 Å². The van der Waals surface area contributed by atoms with E-state index in [1.54, 1.807) is 0 Å². The molecule has 1 nitrogen and oxygen atoms in total. The Balaban J connectivity index is 2.03. The minimum atomic E-state index is 0.748. The highest BCUT2D eigenvalue weighted by Gasteiger charge is 2.42. The van der Waals surface area contributed by atoms with Gasteiger partial charge in [0, 0.05) is 6.54 Å². The van der Waals surface area contributed by atoms with Gasteiger partial charge >= 0.3 is 0 Å². The van der Waals surface area contributed by atoms with Gasteiger partial charge < -0.3 is 5.32 Å². The van der Waals surface area contributed by atoms with E-state index in [2.05, 4.69) is 12.2 Å². The minimum Gasteiger partial charge on any atom is -0.316 e. The molecule has 1 aliphatic carbocycles. The van der Waals surface area contributed by atoms with Gasteiger partial charge in [0.25, 0.3) is 0 Å². The SMILES string of the molecule is C[C@H]1CCNCC12CCC2. The van der Waals surface area contributed by atoms with Gasteiger partial charge in [-0.05, 0) is 37.1 Å². The molecule has 0 radical (unpaired) electrons. The van der Waals surface area contributed by atoms with Crippen LogP contribution in [0.2, 0.25) is 0 Å². The summed E-state index contributed by atoms with van der Waals surface area (Å²) in [5.41, 5.74) is 0.748. The van der Waals surface area contributed by atoms with Crippen LogP contribution < -0.4 is 5.32 Å². The van der Waals surface area contributed by atoms with Gasteiger partial charge in [0.1, 0.15) is 0 Å². The predicted octanol–water partition coefficient (Wildman–Crippen LogP) is 1.79. The lowest BCUT2D eigenvalue weighted by molar-refractivity contribution is 0.0323. The molecule has 1 heteroatoms. The second kappa shape index (κ2) is 2.23. The second-order valence-corrected chi connectivity index (χ2v) is 4.08. The fraction of sp³-hybridized carbons (Fsp3) is 1.00. The van der Waals surface area contributed by atoms with Gasteiger partial charge in [-0.25, -0.2) is 0 Å². The van der Waals surface area contributed by atoms with E-state index < -0.39 is 0 Å². The molecule has 0 unspecified atom stereocenters. The van der Waals surface area contributed by atoms with Crippen LogP contribution in [0.4, 0.5) is 0 Å². The van der Waals surface area contributed by atoms with Crippen LogP contribution in [-0.4, -0.2) is 13.1 Å². The van der Waals surface area contributed by atoms with Gasteiger partial charge in [-0.3, -0.25) is 0 Å². The first-order chi connectivity index (χ1) is 4.83. The molecule has 1 heterocycles. The van der Waals surface area contributed by atoms with Crippen LogP contribution in [0.3, 0.4) is 0 Å². The Kier molecular flexibility index (Phi) is 1.48. The number of rotatable bonds is 0. The lowest BCUT2D eigenvalue weighted by atomic mass is 9.59. The summed E-state index contributed by atoms with van der Waals surface area (Å²) in [5.74, 6) is 0.988. The predicted molar refractivity (Wildman–Crippen MR) is 42.9 cm³/mol. The molecule has 0 aromatic heterocycles. The van der Waals surface area contributed by atoms with Crippen LogP contribution >= 0.6 is 0 Å². The van der Waals surface area contributed by atoms with Crippen molar-refractivity contribution in [1.29, 1.82) is 0 Å². The van der Waals surface area contributed by atoms with E-state index in [1.165, 1.54) is 38.8 Å². The van der Waals surface area contributed by atoms with E-state index >= 15 is 0 Å². The van der Waals surface area contributed by atoms with Gasteiger partial charge in [0.2, 0.25) is 0 Å². The maximum absolute atomic E-state index is 3.51. The molecule has 1 saturated heterocycles. The quantitative estimate of drug-likeness (QED) is 0.539. The molecule has 0 aromatic rings. The van der Waals surface area contributed by atoms with E-state index in [1.807, 2.05) is 0 Å². The van der Waals surface area contributed by atoms with Crippen molar-refractivity contribution in [2.75, 3.05) is 13.1 Å². The summed E-state index contributed by atoms with van der Waals surface area (Å²) in [4.78, 5) is 0. The van der Waals surface area contributed by atoms with Crippen molar-refractivity contribution in [3.63, 3.8) is 0 Å². The Hall–Kier alpha value is -0.0400. The highest BCUT2D eigenvalue weighted by Crippen LogP contribution is 2.48. The highest BCUT2D eigenvalue weighted by molar-refractivity contribution is 4.95. The largest absolute Gasteiger partial charge is 0.316 e. The molecule has 1 aliphatic heterocycles. The van der Waals surface area contributed by atoms with E-state index in [-0.39, 0.29) is 0 Å². The van der Waals surface area contributed by atoms with Crippen LogP contribution in [0.15, 0.2) is 0 Å². The summed E-state index contributed by atoms with van der Waals surface area (Å²) in [7, 11) is 0. The van der Waals surface area contributed by atoms with Crippen molar-refractivity contribution in [3.8, 4) is 0 Å². The summed E-state index contributed by atoms with van der Waals surface area (Å²) < 4.78 is 0. The third kappa shape index (κ3) is 0.800. The van der Waals surface area contributed by atoms with Crippen LogP contribution in [0, 0.1) is 11.3 Å². The van der Waals surface area contributed by atoms with Crippen molar-refractivity contribution >= 4 is 0 Å². The average Bonchev–Trinajstić information content (AvgIpc) is 1.85. The van der Waals surface area contributed by atoms with E-state index in [0.29, 0.717) is 0 Å². The Morgan fingerprint density at radius 1 is 1.40 bits per heavy atom. The summed E-state index contributed by atoms with van der Waals surface area (Å²) in [5, 5.41) is 3.51. The molecule has 58 valence electrons. The third-order valence-corrected chi connectivity index (χ3v) is 3.63. The zero-order valence-corrected chi connectivity index (χ0v) is 6.82. The molecule has 0 bridgehead atoms. The van der Waals surface area contributed by atoms with E-state index in [4.69, 9.17) is 0 Å². The Morgan fingerprint density at radius 3 is 2.60 bits per heavy atom. The molecule has 1 saturated carbocycles. The zero-order chi connectivity index (χ0) is 7.03. The van der Waals surface area contributed by atoms with Gasteiger partial charge in [-0.1, -0.05) is 13.3 Å². The molecule has 0 amide bonds. The maximum atomic E-state index is 3.51. The molecular weight excluding hydrogens is 122 g/mol. The van der Waals surface area contributed by atoms with Gasteiger partial charge in [0.15, 0.2) is 0 Å². The van der Waals surface area contributed by atoms with Gasteiger partial charge in [-0.15, -0.1) is 0 Å². The number of hydrogen-bond acceptors (Lipinski definition) is 1. The van der Waals surface area contributed by atoms with Crippen LogP contribution in [0.1, 0.15) is 32.6 Å². The smallest absolute Gasteiger partial charge is 0.00104 e. The lowest BCUT2D eigenvalue weighted by Gasteiger charge is -2.49. The maximum Gasteiger partial charge on any atom is 0.00104 e. The Bertz CT molecular complexity index is 127. The summed E-state index contributed by atoms with van der Waals surface area (Å²) in [6.07, 6.45) is 5.86. The molecular formula is C9H17N. The molecule has 1 atom stereocenters. The molecule has 10 heavy (non-hydrogen) atoms. The fourth-order valence-corrected chi connectivity index (χ4v) is 2.44. The van der Waals surface area contributed by atoms with Gasteiger partial charge in [-0.2, -0.15) is 0 Å². The highest BCUT2D eigenvalue weighted by atomic mass is 14.9. The number of piperidine rings is 1. The summed E-state index contributed by atoms with van der Waals surface area (Å²) >= 11 is 0.